The molecule has 0 bridgehead atoms. The van der Waals surface area contributed by atoms with E-state index in [0.29, 0.717) is 0 Å². The van der Waals surface area contributed by atoms with Crippen LogP contribution in [0.3, 0.4) is 0 Å². The number of thioether (sulfide) groups is 1. The van der Waals surface area contributed by atoms with Gasteiger partial charge in [0.15, 0.2) is 0 Å². The van der Waals surface area contributed by atoms with Crippen LogP contribution in [-0.2, 0) is 19.4 Å². The molecule has 1 aromatic rings. The van der Waals surface area contributed by atoms with Gasteiger partial charge in [0.2, 0.25) is 0 Å². The number of aliphatic hydroxyl groups excluding tert-OH is 1. The van der Waals surface area contributed by atoms with Crippen LogP contribution in [0.1, 0.15) is 30.8 Å². The van der Waals surface area contributed by atoms with Gasteiger partial charge in [-0.3, -0.25) is 0 Å². The molecule has 4 heteroatoms. The Labute approximate surface area is 100 Å². The second kappa shape index (κ2) is 4.41. The van der Waals surface area contributed by atoms with Crippen molar-refractivity contribution in [2.75, 3.05) is 5.75 Å². The highest BCUT2D eigenvalue weighted by Crippen LogP contribution is 2.29. The third-order valence-electron chi connectivity index (χ3n) is 3.59. The number of aliphatic hydroxyl groups is 1. The maximum Gasteiger partial charge on any atom is 0.109 e. The summed E-state index contributed by atoms with van der Waals surface area (Å²) < 4.78 is 2.33. The second-order valence-electron chi connectivity index (χ2n) is 4.80. The molecule has 16 heavy (non-hydrogen) atoms. The number of aromatic nitrogens is 2. The molecule has 2 atom stereocenters. The quantitative estimate of drug-likeness (QED) is 0.851. The molecule has 1 saturated heterocycles. The summed E-state index contributed by atoms with van der Waals surface area (Å²) in [6.07, 6.45) is 7.28. The Hall–Kier alpha value is -0.480. The molecule has 3 rings (SSSR count). The van der Waals surface area contributed by atoms with E-state index in [1.165, 1.54) is 30.1 Å². The van der Waals surface area contributed by atoms with Crippen LogP contribution in [0.4, 0.5) is 0 Å². The lowest BCUT2D eigenvalue weighted by Gasteiger charge is -2.21. The van der Waals surface area contributed by atoms with E-state index in [9.17, 15) is 5.11 Å². The van der Waals surface area contributed by atoms with Crippen LogP contribution in [0.5, 0.6) is 0 Å². The first-order chi connectivity index (χ1) is 7.83. The van der Waals surface area contributed by atoms with Crippen molar-refractivity contribution in [3.63, 3.8) is 0 Å². The van der Waals surface area contributed by atoms with E-state index in [2.05, 4.69) is 21.3 Å². The number of hydrogen-bond acceptors (Lipinski definition) is 3. The van der Waals surface area contributed by atoms with Crippen molar-refractivity contribution in [1.29, 1.82) is 0 Å². The van der Waals surface area contributed by atoms with Gasteiger partial charge in [0.1, 0.15) is 5.82 Å². The van der Waals surface area contributed by atoms with Gasteiger partial charge in [0, 0.05) is 36.5 Å². The Morgan fingerprint density at radius 2 is 2.44 bits per heavy atom. The standard InChI is InChI=1S/C12H18N2OS/c15-10-3-4-14-9(6-10)8-13-12(14)7-11-2-1-5-16-11/h8,10-11,15H,1-7H2. The van der Waals surface area contributed by atoms with Crippen molar-refractivity contribution in [3.8, 4) is 0 Å². The molecule has 3 heterocycles. The molecule has 1 N–H and O–H groups in total. The fourth-order valence-electron chi connectivity index (χ4n) is 2.68. The molecule has 0 saturated carbocycles. The smallest absolute Gasteiger partial charge is 0.109 e. The van der Waals surface area contributed by atoms with Crippen LogP contribution in [-0.4, -0.2) is 31.8 Å². The zero-order chi connectivity index (χ0) is 11.0. The number of imidazole rings is 1. The van der Waals surface area contributed by atoms with Gasteiger partial charge in [0.05, 0.1) is 6.10 Å². The molecule has 3 nitrogen and oxygen atoms in total. The molecule has 0 spiro atoms. The van der Waals surface area contributed by atoms with Crippen LogP contribution in [0, 0.1) is 0 Å². The molecule has 0 radical (unpaired) electrons. The van der Waals surface area contributed by atoms with Crippen molar-refractivity contribution < 1.29 is 5.11 Å². The van der Waals surface area contributed by atoms with E-state index in [4.69, 9.17) is 0 Å². The minimum absolute atomic E-state index is 0.155. The van der Waals surface area contributed by atoms with Crippen LogP contribution in [0.15, 0.2) is 6.20 Å². The fourth-order valence-corrected chi connectivity index (χ4v) is 3.95. The SMILES string of the molecule is OC1CCn2c(cnc2CC2CCCS2)C1. The molecule has 1 aromatic heterocycles. The fraction of sp³-hybridized carbons (Fsp3) is 0.750. The molecule has 0 aromatic carbocycles. The molecular weight excluding hydrogens is 220 g/mol. The predicted octanol–water partition coefficient (Wildman–Crippen LogP) is 1.63. The van der Waals surface area contributed by atoms with E-state index in [0.717, 1.165) is 31.1 Å². The van der Waals surface area contributed by atoms with E-state index >= 15 is 0 Å². The average molecular weight is 238 g/mol. The summed E-state index contributed by atoms with van der Waals surface area (Å²) >= 11 is 2.09. The highest BCUT2D eigenvalue weighted by Gasteiger charge is 2.23. The Morgan fingerprint density at radius 3 is 3.25 bits per heavy atom. The third kappa shape index (κ3) is 2.00. The van der Waals surface area contributed by atoms with E-state index in [1.54, 1.807) is 0 Å². The first-order valence-electron chi connectivity index (χ1n) is 6.16. The summed E-state index contributed by atoms with van der Waals surface area (Å²) in [5.41, 5.74) is 1.22. The maximum absolute atomic E-state index is 9.60. The van der Waals surface area contributed by atoms with Gasteiger partial charge in [-0.25, -0.2) is 4.98 Å². The summed E-state index contributed by atoms with van der Waals surface area (Å²) in [4.78, 5) is 4.53. The minimum Gasteiger partial charge on any atom is -0.393 e. The van der Waals surface area contributed by atoms with E-state index in [-0.39, 0.29) is 6.10 Å². The molecule has 88 valence electrons. The van der Waals surface area contributed by atoms with Crippen molar-refractivity contribution >= 4 is 11.8 Å². The normalized spacial score (nSPS) is 29.3. The Bertz CT molecular complexity index is 371. The minimum atomic E-state index is -0.155. The number of hydrogen-bond donors (Lipinski definition) is 1. The van der Waals surface area contributed by atoms with Crippen molar-refractivity contribution in [3.05, 3.63) is 17.7 Å². The lowest BCUT2D eigenvalue weighted by molar-refractivity contribution is 0.143. The van der Waals surface area contributed by atoms with Gasteiger partial charge in [-0.05, 0) is 25.0 Å². The predicted molar refractivity (Wildman–Crippen MR) is 65.7 cm³/mol. The maximum atomic E-state index is 9.60. The highest BCUT2D eigenvalue weighted by molar-refractivity contribution is 8.00. The van der Waals surface area contributed by atoms with Crippen molar-refractivity contribution in [1.82, 2.24) is 9.55 Å². The zero-order valence-electron chi connectivity index (χ0n) is 9.43. The first-order valence-corrected chi connectivity index (χ1v) is 7.21. The van der Waals surface area contributed by atoms with Gasteiger partial charge in [-0.15, -0.1) is 0 Å². The highest BCUT2D eigenvalue weighted by atomic mass is 32.2. The summed E-state index contributed by atoms with van der Waals surface area (Å²) in [6.45, 7) is 0.948. The first kappa shape index (κ1) is 10.7. The van der Waals surface area contributed by atoms with E-state index < -0.39 is 0 Å². The Morgan fingerprint density at radius 1 is 1.50 bits per heavy atom. The van der Waals surface area contributed by atoms with Crippen LogP contribution < -0.4 is 0 Å². The topological polar surface area (TPSA) is 38.0 Å². The summed E-state index contributed by atoms with van der Waals surface area (Å²) in [5, 5.41) is 10.4. The Kier molecular flexibility index (Phi) is 2.94. The van der Waals surface area contributed by atoms with E-state index in [1.807, 2.05) is 6.20 Å². The zero-order valence-corrected chi connectivity index (χ0v) is 10.2. The Balaban J connectivity index is 1.75. The number of nitrogens with zero attached hydrogens (tertiary/aromatic N) is 2. The lowest BCUT2D eigenvalue weighted by atomic mass is 10.1. The summed E-state index contributed by atoms with van der Waals surface area (Å²) in [7, 11) is 0. The van der Waals surface area contributed by atoms with Gasteiger partial charge in [-0.2, -0.15) is 11.8 Å². The molecule has 2 aliphatic rings. The molecule has 2 aliphatic heterocycles. The molecule has 0 amide bonds. The molecule has 1 fully saturated rings. The lowest BCUT2D eigenvalue weighted by Crippen LogP contribution is -2.24. The average Bonchev–Trinajstić information content (AvgIpc) is 2.89. The van der Waals surface area contributed by atoms with Crippen LogP contribution in [0.25, 0.3) is 0 Å². The van der Waals surface area contributed by atoms with Crippen LogP contribution >= 0.6 is 11.8 Å². The van der Waals surface area contributed by atoms with Crippen molar-refractivity contribution in [2.24, 2.45) is 0 Å². The van der Waals surface area contributed by atoms with Gasteiger partial charge in [0.25, 0.3) is 0 Å². The van der Waals surface area contributed by atoms with Gasteiger partial charge in [-0.1, -0.05) is 0 Å². The van der Waals surface area contributed by atoms with Gasteiger partial charge < -0.3 is 9.67 Å². The molecule has 0 aliphatic carbocycles. The summed E-state index contributed by atoms with van der Waals surface area (Å²) in [5.74, 6) is 2.55. The third-order valence-corrected chi connectivity index (χ3v) is 4.98. The second-order valence-corrected chi connectivity index (χ2v) is 6.21. The number of rotatable bonds is 2. The monoisotopic (exact) mass is 238 g/mol. The number of fused-ring (bicyclic) bond motifs is 1. The van der Waals surface area contributed by atoms with Crippen molar-refractivity contribution in [2.45, 2.75) is 50.0 Å². The summed E-state index contributed by atoms with van der Waals surface area (Å²) in [6, 6.07) is 0. The van der Waals surface area contributed by atoms with Gasteiger partial charge >= 0.3 is 0 Å². The largest absolute Gasteiger partial charge is 0.393 e. The van der Waals surface area contributed by atoms with Crippen LogP contribution in [0.2, 0.25) is 0 Å². The molecular formula is C12H18N2OS. The molecule has 2 unspecified atom stereocenters.